The molecule has 0 N–H and O–H groups in total. The Morgan fingerprint density at radius 2 is 1.60 bits per heavy atom. The van der Waals surface area contributed by atoms with Crippen LogP contribution < -0.4 is 0 Å². The van der Waals surface area contributed by atoms with Gasteiger partial charge in [-0.3, -0.25) is 0 Å². The van der Waals surface area contributed by atoms with E-state index in [0.29, 0.717) is 16.6 Å². The van der Waals surface area contributed by atoms with Crippen LogP contribution in [-0.2, 0) is 0 Å². The summed E-state index contributed by atoms with van der Waals surface area (Å²) in [5.41, 5.74) is 3.43. The number of hydrogen-bond donors (Lipinski definition) is 0. The summed E-state index contributed by atoms with van der Waals surface area (Å²) in [6.07, 6.45) is 4.26. The minimum atomic E-state index is -1.67. The minimum Gasteiger partial charge on any atom is -0.373 e. The fourth-order valence-corrected chi connectivity index (χ4v) is 11.1. The summed E-state index contributed by atoms with van der Waals surface area (Å²) in [4.78, 5) is 4.36. The number of rotatable bonds is 4. The van der Waals surface area contributed by atoms with Crippen molar-refractivity contribution < 1.29 is 0 Å². The van der Waals surface area contributed by atoms with Crippen molar-refractivity contribution in [2.24, 2.45) is 0 Å². The van der Waals surface area contributed by atoms with Gasteiger partial charge in [-0.25, -0.2) is 4.98 Å². The second-order valence-electron chi connectivity index (χ2n) is 6.60. The van der Waals surface area contributed by atoms with E-state index in [0.717, 1.165) is 4.60 Å². The lowest BCUT2D eigenvalue weighted by Gasteiger charge is -2.44. The highest BCUT2D eigenvalue weighted by atomic mass is 79.9. The smallest absolute Gasteiger partial charge is 0.169 e. The highest BCUT2D eigenvalue weighted by Crippen LogP contribution is 2.44. The third kappa shape index (κ3) is 2.27. The summed E-state index contributed by atoms with van der Waals surface area (Å²) in [5.74, 6) is 0. The molecule has 2 nitrogen and oxygen atoms in total. The fraction of sp³-hybridized carbons (Fsp3) is 0.562. The number of halogens is 1. The molecule has 2 aromatic heterocycles. The Morgan fingerprint density at radius 3 is 2.10 bits per heavy atom. The van der Waals surface area contributed by atoms with Crippen LogP contribution in [0.5, 0.6) is 0 Å². The van der Waals surface area contributed by atoms with Gasteiger partial charge >= 0.3 is 0 Å². The predicted molar refractivity (Wildman–Crippen MR) is 93.9 cm³/mol. The second kappa shape index (κ2) is 5.64. The third-order valence-electron chi connectivity index (χ3n) is 4.73. The molecule has 2 aromatic rings. The first-order valence-corrected chi connectivity index (χ1v) is 10.4. The fourth-order valence-electron chi connectivity index (χ4n) is 4.18. The predicted octanol–water partition coefficient (Wildman–Crippen LogP) is 5.82. The summed E-state index contributed by atoms with van der Waals surface area (Å²) in [7, 11) is -1.67. The molecule has 0 aliphatic heterocycles. The third-order valence-corrected chi connectivity index (χ3v) is 11.9. The number of nitrogens with zero attached hydrogens (tertiary/aromatic N) is 2. The van der Waals surface area contributed by atoms with E-state index in [4.69, 9.17) is 0 Å². The van der Waals surface area contributed by atoms with Crippen LogP contribution in [-0.4, -0.2) is 17.5 Å². The van der Waals surface area contributed by atoms with Crippen molar-refractivity contribution in [1.29, 1.82) is 0 Å². The van der Waals surface area contributed by atoms with Gasteiger partial charge in [0, 0.05) is 17.1 Å². The molecule has 0 spiro atoms. The van der Waals surface area contributed by atoms with Gasteiger partial charge in [0.1, 0.15) is 4.60 Å². The molecule has 4 heteroatoms. The van der Waals surface area contributed by atoms with Crippen LogP contribution in [0.15, 0.2) is 29.1 Å². The molecule has 0 fully saturated rings. The van der Waals surface area contributed by atoms with E-state index in [-0.39, 0.29) is 0 Å². The van der Waals surface area contributed by atoms with Crippen LogP contribution in [0.1, 0.15) is 41.5 Å². The lowest BCUT2D eigenvalue weighted by Crippen LogP contribution is -2.51. The molecule has 110 valence electrons. The van der Waals surface area contributed by atoms with Gasteiger partial charge in [-0.15, -0.1) is 0 Å². The molecule has 2 rings (SSSR count). The molecule has 2 heterocycles. The maximum atomic E-state index is 4.36. The van der Waals surface area contributed by atoms with Crippen LogP contribution in [0.25, 0.3) is 10.9 Å². The highest BCUT2D eigenvalue weighted by Gasteiger charge is 2.45. The van der Waals surface area contributed by atoms with Crippen LogP contribution in [0.3, 0.4) is 0 Å². The van der Waals surface area contributed by atoms with Crippen LogP contribution >= 0.6 is 15.9 Å². The Morgan fingerprint density at radius 1 is 1.05 bits per heavy atom. The van der Waals surface area contributed by atoms with Crippen molar-refractivity contribution in [3.8, 4) is 0 Å². The molecule has 0 unspecified atom stereocenters. The van der Waals surface area contributed by atoms with Crippen molar-refractivity contribution >= 4 is 35.1 Å². The van der Waals surface area contributed by atoms with Gasteiger partial charge in [-0.1, -0.05) is 41.5 Å². The first kappa shape index (κ1) is 15.8. The molecule has 0 aromatic carbocycles. The summed E-state index contributed by atoms with van der Waals surface area (Å²) >= 11 is 3.52. The Labute approximate surface area is 131 Å². The van der Waals surface area contributed by atoms with Gasteiger partial charge in [0.25, 0.3) is 0 Å². The summed E-state index contributed by atoms with van der Waals surface area (Å²) in [6.45, 7) is 14.4. The Hall–Kier alpha value is -0.613. The Kier molecular flexibility index (Phi) is 4.45. The van der Waals surface area contributed by atoms with Gasteiger partial charge in [-0.05, 0) is 50.9 Å². The molecular weight excluding hydrogens is 328 g/mol. The van der Waals surface area contributed by atoms with E-state index >= 15 is 0 Å². The van der Waals surface area contributed by atoms with E-state index in [1.54, 1.807) is 0 Å². The zero-order valence-corrected chi connectivity index (χ0v) is 15.9. The average Bonchev–Trinajstić information content (AvgIpc) is 2.72. The van der Waals surface area contributed by atoms with E-state index < -0.39 is 8.24 Å². The molecule has 0 atom stereocenters. The zero-order valence-electron chi connectivity index (χ0n) is 13.3. The molecule has 0 saturated heterocycles. The topological polar surface area (TPSA) is 17.8 Å². The quantitative estimate of drug-likeness (QED) is 0.500. The highest BCUT2D eigenvalue weighted by molar-refractivity contribution is 9.10. The van der Waals surface area contributed by atoms with E-state index in [1.165, 1.54) is 10.9 Å². The van der Waals surface area contributed by atoms with Gasteiger partial charge in [0.15, 0.2) is 8.24 Å². The van der Waals surface area contributed by atoms with Crippen molar-refractivity contribution in [1.82, 2.24) is 9.22 Å². The summed E-state index contributed by atoms with van der Waals surface area (Å²) in [5, 5.41) is 1.24. The molecule has 0 amide bonds. The molecule has 20 heavy (non-hydrogen) atoms. The molecule has 0 aliphatic carbocycles. The van der Waals surface area contributed by atoms with Gasteiger partial charge in [0.05, 0.1) is 0 Å². The van der Waals surface area contributed by atoms with Crippen molar-refractivity contribution in [2.75, 3.05) is 0 Å². The minimum absolute atomic E-state index is 0.699. The first-order chi connectivity index (χ1) is 9.31. The van der Waals surface area contributed by atoms with Crippen molar-refractivity contribution in [3.05, 3.63) is 29.1 Å². The van der Waals surface area contributed by atoms with Gasteiger partial charge < -0.3 is 4.23 Å². The average molecular weight is 353 g/mol. The first-order valence-electron chi connectivity index (χ1n) is 7.44. The molecule has 0 saturated carbocycles. The van der Waals surface area contributed by atoms with E-state index in [9.17, 15) is 0 Å². The lowest BCUT2D eigenvalue weighted by molar-refractivity contribution is 0.772. The summed E-state index contributed by atoms with van der Waals surface area (Å²) < 4.78 is 3.54. The molecule has 0 bridgehead atoms. The van der Waals surface area contributed by atoms with Gasteiger partial charge in [0.2, 0.25) is 0 Å². The monoisotopic (exact) mass is 352 g/mol. The summed E-state index contributed by atoms with van der Waals surface area (Å²) in [6, 6.07) is 4.38. The SMILES string of the molecule is CC(C)[Si](C(C)C)(C(C)C)n1ccc2cnc(Br)cc21. The number of aromatic nitrogens is 2. The Bertz CT molecular complexity index is 580. The van der Waals surface area contributed by atoms with Crippen LogP contribution in [0, 0.1) is 0 Å². The molecule has 0 aliphatic rings. The zero-order chi connectivity index (χ0) is 15.1. The lowest BCUT2D eigenvalue weighted by atomic mass is 10.3. The van der Waals surface area contributed by atoms with E-state index in [2.05, 4.69) is 85.0 Å². The van der Waals surface area contributed by atoms with E-state index in [1.807, 2.05) is 6.20 Å². The number of hydrogen-bond acceptors (Lipinski definition) is 1. The maximum Gasteiger partial charge on any atom is 0.169 e. The van der Waals surface area contributed by atoms with Crippen LogP contribution in [0.2, 0.25) is 16.6 Å². The molecular formula is C16H25BrN2Si. The number of fused-ring (bicyclic) bond motifs is 1. The molecule has 0 radical (unpaired) electrons. The standard InChI is InChI=1S/C16H25BrN2Si/c1-11(2)20(12(3)4,13(5)6)19-8-7-14-10-18-16(17)9-15(14)19/h7-13H,1-6H3. The Balaban J connectivity index is 2.78. The normalized spacial score (nSPS) is 13.1. The number of pyridine rings is 1. The largest absolute Gasteiger partial charge is 0.373 e. The van der Waals surface area contributed by atoms with Crippen LogP contribution in [0.4, 0.5) is 0 Å². The van der Waals surface area contributed by atoms with Gasteiger partial charge in [-0.2, -0.15) is 0 Å². The second-order valence-corrected chi connectivity index (χ2v) is 13.1. The van der Waals surface area contributed by atoms with Crippen molar-refractivity contribution in [2.45, 2.75) is 58.2 Å². The van der Waals surface area contributed by atoms with Crippen molar-refractivity contribution in [3.63, 3.8) is 0 Å². The maximum absolute atomic E-state index is 4.36.